The van der Waals surface area contributed by atoms with Crippen LogP contribution < -0.4 is 0 Å². The average molecular weight is 254 g/mol. The quantitative estimate of drug-likeness (QED) is 0.410. The normalized spacial score (nSPS) is 6.33. The van der Waals surface area contributed by atoms with Crippen LogP contribution in [-0.2, 0) is 14.4 Å². The zero-order valence-electron chi connectivity index (χ0n) is 11.0. The summed E-state index contributed by atoms with van der Waals surface area (Å²) in [6, 6.07) is 0. The summed E-state index contributed by atoms with van der Waals surface area (Å²) in [6.45, 7) is 4.53. The van der Waals surface area contributed by atoms with Crippen molar-refractivity contribution in [3.05, 3.63) is 16.2 Å². The van der Waals surface area contributed by atoms with Crippen molar-refractivity contribution >= 4 is 18.2 Å². The van der Waals surface area contributed by atoms with Crippen molar-refractivity contribution in [2.75, 3.05) is 0 Å². The molecule has 0 amide bonds. The summed E-state index contributed by atoms with van der Waals surface area (Å²) in [5.41, 5.74) is 0. The predicted octanol–water partition coefficient (Wildman–Crippen LogP) is 3.43. The van der Waals surface area contributed by atoms with Gasteiger partial charge < -0.3 is 16.2 Å². The minimum Gasteiger partial charge on any atom is -0.724 e. The number of hydrogen-bond donors (Lipinski definition) is 0. The van der Waals surface area contributed by atoms with Crippen molar-refractivity contribution in [3.8, 4) is 0 Å². The van der Waals surface area contributed by atoms with Crippen LogP contribution in [0.25, 0.3) is 16.2 Å². The van der Waals surface area contributed by atoms with Gasteiger partial charge in [-0.05, 0) is 18.2 Å². The van der Waals surface area contributed by atoms with Crippen LogP contribution in [0, 0.1) is 0 Å². The van der Waals surface area contributed by atoms with E-state index in [4.69, 9.17) is 30.6 Å². The maximum Gasteiger partial charge on any atom is -0.0159 e. The Morgan fingerprint density at radius 1 is 0.611 bits per heavy atom. The second kappa shape index (κ2) is 45.7. The predicted molar refractivity (Wildman–Crippen MR) is 70.8 cm³/mol. The molecule has 0 N–H and O–H groups in total. The Morgan fingerprint density at radius 3 is 0.944 bits per heavy atom. The number of unbranched alkanes of at least 4 members (excludes halogenated alkanes) is 6. The molecule has 0 heterocycles. The molecular weight excluding hydrogens is 234 g/mol. The fraction of sp³-hybridized carbons (Fsp3) is 0.750. The molecule has 0 aliphatic carbocycles. The van der Waals surface area contributed by atoms with Crippen LogP contribution in [0.2, 0.25) is 0 Å². The molecule has 0 saturated heterocycles. The van der Waals surface area contributed by atoms with Crippen LogP contribution in [0.5, 0.6) is 0 Å². The lowest BCUT2D eigenvalue weighted by molar-refractivity contribution is 0.568. The first-order valence-corrected chi connectivity index (χ1v) is 5.70. The molecule has 6 heteroatoms. The van der Waals surface area contributed by atoms with Gasteiger partial charge in [-0.15, -0.1) is 0 Å². The minimum absolute atomic E-state index is 0.500. The van der Waals surface area contributed by atoms with Gasteiger partial charge in [-0.1, -0.05) is 58.8 Å². The van der Waals surface area contributed by atoms with Crippen LogP contribution in [0.3, 0.4) is 0 Å². The van der Waals surface area contributed by atoms with Crippen LogP contribution in [0.15, 0.2) is 0 Å². The summed E-state index contributed by atoms with van der Waals surface area (Å²) >= 11 is 0. The van der Waals surface area contributed by atoms with Gasteiger partial charge in [-0.2, -0.15) is 0 Å². The summed E-state index contributed by atoms with van der Waals surface area (Å²) < 4.78 is 0. The standard InChI is InChI=1S/C9H20.3CNO/c1-3-5-7-9-8-6-4-2;3*2-1-3/h3-9H2,1-2H3;;;/q;3*-1. The Labute approximate surface area is 108 Å². The molecule has 0 atom stereocenters. The van der Waals surface area contributed by atoms with Crippen molar-refractivity contribution in [2.45, 2.75) is 58.8 Å². The number of rotatable bonds is 6. The highest BCUT2D eigenvalue weighted by atomic mass is 16.1. The van der Waals surface area contributed by atoms with E-state index in [9.17, 15) is 0 Å². The molecule has 0 unspecified atom stereocenters. The van der Waals surface area contributed by atoms with Gasteiger partial charge in [0.05, 0.1) is 0 Å². The highest BCUT2D eigenvalue weighted by Crippen LogP contribution is 2.05. The monoisotopic (exact) mass is 254 g/mol. The van der Waals surface area contributed by atoms with E-state index >= 15 is 0 Å². The topological polar surface area (TPSA) is 118 Å². The largest absolute Gasteiger partial charge is 0.724 e. The molecule has 0 rings (SSSR count). The maximum absolute atomic E-state index is 8.24. The molecule has 0 aliphatic heterocycles. The average Bonchev–Trinajstić information content (AvgIpc) is 2.32. The molecule has 18 heavy (non-hydrogen) atoms. The Balaban J connectivity index is -0.0000000902. The maximum atomic E-state index is 8.24. The van der Waals surface area contributed by atoms with Gasteiger partial charge in [0.2, 0.25) is 0 Å². The molecule has 0 saturated carbocycles. The van der Waals surface area contributed by atoms with Crippen molar-refractivity contribution in [1.29, 1.82) is 0 Å². The lowest BCUT2D eigenvalue weighted by Crippen LogP contribution is -1.76. The Bertz CT molecular complexity index is 190. The smallest absolute Gasteiger partial charge is 0.0159 e. The lowest BCUT2D eigenvalue weighted by atomic mass is 10.1. The highest BCUT2D eigenvalue weighted by Gasteiger charge is 1.85. The molecular formula is C12H20N3O3-3. The first-order valence-electron chi connectivity index (χ1n) is 5.70. The summed E-state index contributed by atoms with van der Waals surface area (Å²) in [6.07, 6.45) is 11.5. The third-order valence-electron chi connectivity index (χ3n) is 1.71. The zero-order chi connectivity index (χ0) is 15.1. The van der Waals surface area contributed by atoms with E-state index in [1.807, 2.05) is 0 Å². The van der Waals surface area contributed by atoms with Gasteiger partial charge in [0.15, 0.2) is 0 Å². The van der Waals surface area contributed by atoms with Crippen LogP contribution in [-0.4, -0.2) is 18.2 Å². The molecule has 0 aliphatic rings. The van der Waals surface area contributed by atoms with Crippen LogP contribution in [0.1, 0.15) is 58.8 Å². The van der Waals surface area contributed by atoms with Gasteiger partial charge >= 0.3 is 0 Å². The highest BCUT2D eigenvalue weighted by molar-refractivity contribution is 5.37. The third-order valence-corrected chi connectivity index (χ3v) is 1.71. The summed E-state index contributed by atoms with van der Waals surface area (Å²) in [7, 11) is 0. The van der Waals surface area contributed by atoms with Crippen LogP contribution >= 0.6 is 0 Å². The fourth-order valence-corrected chi connectivity index (χ4v) is 1.03. The zero-order valence-corrected chi connectivity index (χ0v) is 11.0. The van der Waals surface area contributed by atoms with Gasteiger partial charge in [0.1, 0.15) is 0 Å². The minimum atomic E-state index is 0.500. The summed E-state index contributed by atoms with van der Waals surface area (Å²) in [4.78, 5) is 24.7. The van der Waals surface area contributed by atoms with E-state index < -0.39 is 0 Å². The van der Waals surface area contributed by atoms with Crippen LogP contribution in [0.4, 0.5) is 0 Å². The van der Waals surface area contributed by atoms with E-state index in [1.54, 1.807) is 0 Å². The van der Waals surface area contributed by atoms with Crippen molar-refractivity contribution in [1.82, 2.24) is 0 Å². The van der Waals surface area contributed by atoms with Gasteiger partial charge in [0.25, 0.3) is 0 Å². The van der Waals surface area contributed by atoms with E-state index in [1.165, 1.54) is 44.9 Å². The second-order valence-corrected chi connectivity index (χ2v) is 3.04. The second-order valence-electron chi connectivity index (χ2n) is 3.04. The number of carbonyl (C=O) groups excluding carboxylic acids is 3. The molecule has 0 aromatic rings. The SMILES string of the molecule is CCCCCCCCC.[N-]=C=O.[N-]=C=O.[N-]=C=O. The molecule has 6 nitrogen and oxygen atoms in total. The number of nitrogens with zero attached hydrogens (tertiary/aromatic N) is 3. The van der Waals surface area contributed by atoms with E-state index in [2.05, 4.69) is 13.8 Å². The number of hydrogen-bond acceptors (Lipinski definition) is 3. The Morgan fingerprint density at radius 2 is 0.778 bits per heavy atom. The Kier molecular flexibility index (Phi) is 63.7. The van der Waals surface area contributed by atoms with Crippen molar-refractivity contribution in [3.63, 3.8) is 0 Å². The lowest BCUT2D eigenvalue weighted by Gasteiger charge is -1.96. The number of isocyanates is 3. The van der Waals surface area contributed by atoms with E-state index in [-0.39, 0.29) is 0 Å². The Hall–Kier alpha value is -1.86. The molecule has 0 bridgehead atoms. The van der Waals surface area contributed by atoms with Crippen molar-refractivity contribution in [2.24, 2.45) is 0 Å². The first kappa shape index (κ1) is 25.1. The van der Waals surface area contributed by atoms with E-state index in [0.29, 0.717) is 18.2 Å². The molecule has 0 radical (unpaired) electrons. The van der Waals surface area contributed by atoms with E-state index in [0.717, 1.165) is 0 Å². The van der Waals surface area contributed by atoms with Gasteiger partial charge in [-0.25, -0.2) is 0 Å². The summed E-state index contributed by atoms with van der Waals surface area (Å²) in [5.74, 6) is 0. The molecule has 0 aromatic heterocycles. The van der Waals surface area contributed by atoms with Gasteiger partial charge in [-0.3, -0.25) is 14.4 Å². The molecule has 104 valence electrons. The summed E-state index contributed by atoms with van der Waals surface area (Å²) in [5, 5.41) is 20.3. The fourth-order valence-electron chi connectivity index (χ4n) is 1.03. The molecule has 0 aromatic carbocycles. The first-order chi connectivity index (χ1) is 8.66. The molecule has 0 fully saturated rings. The molecule has 0 spiro atoms. The van der Waals surface area contributed by atoms with Crippen molar-refractivity contribution < 1.29 is 14.4 Å². The van der Waals surface area contributed by atoms with Gasteiger partial charge in [0, 0.05) is 0 Å². The third kappa shape index (κ3) is 142.